The number of sulfonamides is 1. The van der Waals surface area contributed by atoms with Crippen LogP contribution in [0.25, 0.3) is 10.5 Å². The van der Waals surface area contributed by atoms with Crippen molar-refractivity contribution >= 4 is 19.7 Å². The Hall–Kier alpha value is 0.00338. The van der Waals surface area contributed by atoms with Crippen LogP contribution in [0.5, 0.6) is 0 Å². The molecule has 132 valence electrons. The first-order valence-electron chi connectivity index (χ1n) is 7.22. The second kappa shape index (κ2) is 10.8. The Labute approximate surface area is 155 Å². The van der Waals surface area contributed by atoms with E-state index in [-0.39, 0.29) is 25.3 Å². The predicted octanol–water partition coefficient (Wildman–Crippen LogP) is 5.01. The van der Waals surface area contributed by atoms with E-state index in [2.05, 4.69) is 14.4 Å². The first-order chi connectivity index (χ1) is 10.4. The summed E-state index contributed by atoms with van der Waals surface area (Å²) in [5.41, 5.74) is 10.8. The van der Waals surface area contributed by atoms with Gasteiger partial charge in [0.05, 0.1) is 15.8 Å². The van der Waals surface area contributed by atoms with Gasteiger partial charge >= 0.3 is 27.0 Å². The zero-order valence-electron chi connectivity index (χ0n) is 13.8. The normalized spacial score (nSPS) is 20.9. The molecule has 1 aromatic rings. The molecule has 0 amide bonds. The fourth-order valence-electron chi connectivity index (χ4n) is 2.84. The number of hydrogen-bond donors (Lipinski definition) is 0. The number of rotatable bonds is 4. The van der Waals surface area contributed by atoms with E-state index in [1.54, 1.807) is 0 Å². The van der Waals surface area contributed by atoms with Crippen LogP contribution in [0.3, 0.4) is 0 Å². The van der Waals surface area contributed by atoms with Gasteiger partial charge in [0.2, 0.25) is 0 Å². The van der Waals surface area contributed by atoms with Gasteiger partial charge in [-0.15, -0.1) is 6.04 Å². The molecule has 0 aliphatic heterocycles. The first-order valence-corrected chi connectivity index (χ1v) is 11.1. The van der Waals surface area contributed by atoms with Crippen LogP contribution in [0.1, 0.15) is 42.4 Å². The number of nitrogens with zero attached hydrogens (tertiary/aromatic N) is 1. The topological polar surface area (TPSA) is 72.0 Å². The molecule has 1 N–H and O–H groups in total. The van der Waals surface area contributed by atoms with E-state index < -0.39 is 10.0 Å². The summed E-state index contributed by atoms with van der Waals surface area (Å²) < 4.78 is 28.4. The molecule has 2 unspecified atom stereocenters. The Bertz CT molecular complexity index is 561. The minimum absolute atomic E-state index is 0. The molecular weight excluding hydrogens is 421 g/mol. The molecule has 2 rings (SSSR count). The second-order valence-electron chi connectivity index (χ2n) is 5.79. The molecule has 1 fully saturated rings. The Balaban J connectivity index is 0.00000155. The predicted molar refractivity (Wildman–Crippen MR) is 94.5 cm³/mol. The van der Waals surface area contributed by atoms with E-state index >= 15 is 0 Å². The van der Waals surface area contributed by atoms with Crippen molar-refractivity contribution < 1.29 is 25.7 Å². The van der Waals surface area contributed by atoms with Crippen molar-refractivity contribution in [1.29, 1.82) is 0 Å². The van der Waals surface area contributed by atoms with Gasteiger partial charge in [-0.3, -0.25) is 0 Å². The molecule has 1 saturated carbocycles. The maximum atomic E-state index is 12.2. The summed E-state index contributed by atoms with van der Waals surface area (Å²) in [6.45, 7) is 3.92. The summed E-state index contributed by atoms with van der Waals surface area (Å²) in [6.07, 6.45) is 3.47. The monoisotopic (exact) mass is 446 g/mol. The molecule has 0 heterocycles. The van der Waals surface area contributed by atoms with E-state index in [1.165, 1.54) is 0 Å². The Morgan fingerprint density at radius 1 is 1.17 bits per heavy atom. The summed E-state index contributed by atoms with van der Waals surface area (Å²) in [5, 5.41) is 0. The van der Waals surface area contributed by atoms with Crippen LogP contribution in [0, 0.1) is 21.3 Å². The van der Waals surface area contributed by atoms with Crippen molar-refractivity contribution in [3.8, 4) is 0 Å². The van der Waals surface area contributed by atoms with Crippen molar-refractivity contribution in [2.24, 2.45) is 0 Å². The molecule has 2 atom stereocenters. The van der Waals surface area contributed by atoms with Gasteiger partial charge in [-0.1, -0.05) is 55.0 Å². The van der Waals surface area contributed by atoms with E-state index in [4.69, 9.17) is 5.73 Å². The Morgan fingerprint density at radius 2 is 1.70 bits per heavy atom. The Kier molecular flexibility index (Phi) is 10.8. The van der Waals surface area contributed by atoms with E-state index in [1.807, 2.05) is 49.4 Å². The summed E-state index contributed by atoms with van der Waals surface area (Å²) in [4.78, 5) is 0. The van der Waals surface area contributed by atoms with Crippen LogP contribution in [0.2, 0.25) is 0 Å². The van der Waals surface area contributed by atoms with Gasteiger partial charge in [-0.05, 0) is 19.4 Å². The zero-order chi connectivity index (χ0) is 16.8. The average molecular weight is 446 g/mol. The summed E-state index contributed by atoms with van der Waals surface area (Å²) >= 11 is 1.82. The fourth-order valence-corrected chi connectivity index (χ4v) is 4.17. The van der Waals surface area contributed by atoms with Gasteiger partial charge in [0.15, 0.2) is 0 Å². The third kappa shape index (κ3) is 8.08. The van der Waals surface area contributed by atoms with Crippen LogP contribution >= 0.6 is 9.69 Å². The maximum absolute atomic E-state index is 12.2. The van der Waals surface area contributed by atoms with Crippen molar-refractivity contribution in [2.45, 2.75) is 57.4 Å². The van der Waals surface area contributed by atoms with E-state index in [9.17, 15) is 8.42 Å². The van der Waals surface area contributed by atoms with Crippen LogP contribution in [-0.4, -0.2) is 20.5 Å². The summed E-state index contributed by atoms with van der Waals surface area (Å²) in [7, 11) is 1.07. The van der Waals surface area contributed by atoms with E-state index in [0.29, 0.717) is 0 Å². The number of aryl methyl sites for hydroxylation is 2. The standard InChI is InChI=1S/C15H22N2O2S.CH3.ClH.Ru/c1-11-7-12(2)9-13(8-11)10-20(18,19)17-15-6-4-3-5-14(15)16;;;/h7-9,14-16H,3-6,10H2,1-2H3;1H3;1H;/q-2;-1;;+4/p-1. The number of halogens is 1. The summed E-state index contributed by atoms with van der Waals surface area (Å²) in [5.74, 6) is -0.0568. The fraction of sp³-hybridized carbons (Fsp3) is 0.562. The molecule has 7 heteroatoms. The quantitative estimate of drug-likeness (QED) is 0.482. The third-order valence-electron chi connectivity index (χ3n) is 3.66. The summed E-state index contributed by atoms with van der Waals surface area (Å²) in [6, 6.07) is 5.09. The van der Waals surface area contributed by atoms with Gasteiger partial charge < -0.3 is 17.9 Å². The number of benzene rings is 1. The van der Waals surface area contributed by atoms with Gasteiger partial charge in [0, 0.05) is 0 Å². The molecule has 1 aliphatic rings. The molecule has 0 bridgehead atoms. The van der Waals surface area contributed by atoms with Gasteiger partial charge in [0.25, 0.3) is 0 Å². The molecule has 0 radical (unpaired) electrons. The van der Waals surface area contributed by atoms with E-state index in [0.717, 1.165) is 42.4 Å². The molecule has 0 aromatic heterocycles. The molecule has 1 aliphatic carbocycles. The van der Waals surface area contributed by atoms with Crippen LogP contribution in [-0.2, 0) is 33.1 Å². The molecule has 1 aromatic carbocycles. The zero-order valence-corrected chi connectivity index (χ0v) is 17.1. The number of hydrogen-bond acceptors (Lipinski definition) is 2. The first kappa shape index (κ1) is 23.0. The van der Waals surface area contributed by atoms with Crippen LogP contribution in [0.4, 0.5) is 0 Å². The van der Waals surface area contributed by atoms with Crippen molar-refractivity contribution in [3.05, 3.63) is 52.8 Å². The molecule has 4 nitrogen and oxygen atoms in total. The average Bonchev–Trinajstić information content (AvgIpc) is 2.41. The third-order valence-corrected chi connectivity index (χ3v) is 4.95. The molecular formula is C16H25ClN2O2RuS. The number of nitrogens with one attached hydrogen (secondary N) is 1. The van der Waals surface area contributed by atoms with Gasteiger partial charge in [-0.25, -0.2) is 8.42 Å². The van der Waals surface area contributed by atoms with Crippen molar-refractivity contribution in [2.75, 3.05) is 0 Å². The van der Waals surface area contributed by atoms with Gasteiger partial charge in [0.1, 0.15) is 0 Å². The molecule has 0 saturated heterocycles. The minimum atomic E-state index is -3.50. The molecule has 0 spiro atoms. The molecule has 23 heavy (non-hydrogen) atoms. The van der Waals surface area contributed by atoms with Crippen LogP contribution < -0.4 is 0 Å². The SMILES string of the molecule is Cc1cc(C)cc(CS(=O)(=O)[N-]C2CCCCC2[NH-])c1.[CH3-].[Cl][Ru+3]. The second-order valence-corrected chi connectivity index (χ2v) is 7.45. The van der Waals surface area contributed by atoms with Crippen molar-refractivity contribution in [3.63, 3.8) is 0 Å². The van der Waals surface area contributed by atoms with Crippen LogP contribution in [0.15, 0.2) is 18.2 Å². The van der Waals surface area contributed by atoms with Gasteiger partial charge in [-0.2, -0.15) is 6.04 Å². The van der Waals surface area contributed by atoms with Crippen molar-refractivity contribution in [1.82, 2.24) is 0 Å². The Morgan fingerprint density at radius 3 is 2.22 bits per heavy atom.